The van der Waals surface area contributed by atoms with Crippen LogP contribution in [0.3, 0.4) is 0 Å². The van der Waals surface area contributed by atoms with Crippen molar-refractivity contribution < 1.29 is 9.53 Å². The van der Waals surface area contributed by atoms with Gasteiger partial charge < -0.3 is 9.64 Å². The summed E-state index contributed by atoms with van der Waals surface area (Å²) in [6.45, 7) is 2.22. The van der Waals surface area contributed by atoms with Crippen LogP contribution in [-0.4, -0.2) is 26.0 Å². The number of para-hydroxylation sites is 1. The molecule has 0 heterocycles. The van der Waals surface area contributed by atoms with E-state index >= 15 is 0 Å². The zero-order valence-corrected chi connectivity index (χ0v) is 12.5. The number of ether oxygens (including phenoxy) is 1. The molecular weight excluding hydrogens is 264 g/mol. The number of nitrogens with zero attached hydrogens (tertiary/aromatic N) is 2. The molecule has 0 radical (unpaired) electrons. The highest BCUT2D eigenvalue weighted by Crippen LogP contribution is 2.20. The maximum Gasteiger partial charge on any atom is 0.333 e. The molecule has 0 aliphatic heterocycles. The van der Waals surface area contributed by atoms with Crippen LogP contribution < -0.4 is 4.90 Å². The summed E-state index contributed by atoms with van der Waals surface area (Å²) in [5, 5.41) is 0. The first-order chi connectivity index (χ1) is 10.2. The van der Waals surface area contributed by atoms with Crippen LogP contribution in [0.4, 0.5) is 5.69 Å². The maximum atomic E-state index is 11.6. The second-order valence-electron chi connectivity index (χ2n) is 4.76. The molecule has 0 saturated heterocycles. The zero-order chi connectivity index (χ0) is 15.1. The molecule has 1 aliphatic rings. The third-order valence-electron chi connectivity index (χ3n) is 3.23. The molecule has 1 aromatic carbocycles. The summed E-state index contributed by atoms with van der Waals surface area (Å²) in [5.41, 5.74) is 2.76. The highest BCUT2D eigenvalue weighted by atomic mass is 16.5. The van der Waals surface area contributed by atoms with Crippen molar-refractivity contribution in [3.05, 3.63) is 53.8 Å². The molecule has 0 atom stereocenters. The molecular formula is C17H20N2O2. The van der Waals surface area contributed by atoms with Gasteiger partial charge in [0.2, 0.25) is 0 Å². The van der Waals surface area contributed by atoms with E-state index in [-0.39, 0.29) is 5.97 Å². The summed E-state index contributed by atoms with van der Waals surface area (Å²) >= 11 is 0. The minimum atomic E-state index is -0.224. The number of allylic oxidation sites excluding steroid dienone is 3. The topological polar surface area (TPSA) is 41.9 Å². The van der Waals surface area contributed by atoms with Crippen LogP contribution in [-0.2, 0) is 9.53 Å². The number of carbonyl (C=O) groups excluding carboxylic acids is 1. The first-order valence-corrected chi connectivity index (χ1v) is 7.09. The molecule has 2 rings (SSSR count). The van der Waals surface area contributed by atoms with Gasteiger partial charge in [0.1, 0.15) is 0 Å². The molecule has 1 aromatic rings. The SMILES string of the molecule is CCOC(=O)C1=CC=C(N=CN(C)c2ccccc2)CC1. The Bertz CT molecular complexity index is 574. The summed E-state index contributed by atoms with van der Waals surface area (Å²) in [6, 6.07) is 10.0. The van der Waals surface area contributed by atoms with Gasteiger partial charge in [-0.3, -0.25) is 0 Å². The third kappa shape index (κ3) is 4.31. The Morgan fingerprint density at radius 2 is 2.05 bits per heavy atom. The molecule has 0 amide bonds. The van der Waals surface area contributed by atoms with Crippen molar-refractivity contribution in [2.45, 2.75) is 19.8 Å². The number of hydrogen-bond donors (Lipinski definition) is 0. The molecule has 0 spiro atoms. The summed E-state index contributed by atoms with van der Waals surface area (Å²) in [6.07, 6.45) is 6.91. The second-order valence-corrected chi connectivity index (χ2v) is 4.76. The van der Waals surface area contributed by atoms with E-state index in [2.05, 4.69) is 4.99 Å². The molecule has 4 heteroatoms. The van der Waals surface area contributed by atoms with Crippen LogP contribution in [0.25, 0.3) is 0 Å². The number of benzene rings is 1. The van der Waals surface area contributed by atoms with Crippen LogP contribution in [0.2, 0.25) is 0 Å². The Kier molecular flexibility index (Phi) is 5.32. The van der Waals surface area contributed by atoms with Gasteiger partial charge in [-0.15, -0.1) is 0 Å². The van der Waals surface area contributed by atoms with Gasteiger partial charge in [-0.2, -0.15) is 0 Å². The van der Waals surface area contributed by atoms with E-state index in [4.69, 9.17) is 4.74 Å². The van der Waals surface area contributed by atoms with Crippen molar-refractivity contribution in [2.24, 2.45) is 4.99 Å². The Morgan fingerprint density at radius 1 is 1.29 bits per heavy atom. The average molecular weight is 284 g/mol. The maximum absolute atomic E-state index is 11.6. The Hall–Kier alpha value is -2.36. The van der Waals surface area contributed by atoms with E-state index in [9.17, 15) is 4.79 Å². The number of esters is 1. The van der Waals surface area contributed by atoms with Crippen LogP contribution in [0.5, 0.6) is 0 Å². The standard InChI is InChI=1S/C17H20N2O2/c1-3-21-17(20)14-9-11-15(12-10-14)18-13-19(2)16-7-5-4-6-8-16/h4-9,11,13H,3,10,12H2,1-2H3. The van der Waals surface area contributed by atoms with Gasteiger partial charge in [0, 0.05) is 24.0 Å². The van der Waals surface area contributed by atoms with Gasteiger partial charge in [-0.1, -0.05) is 18.2 Å². The Morgan fingerprint density at radius 3 is 2.67 bits per heavy atom. The lowest BCUT2D eigenvalue weighted by Gasteiger charge is -2.14. The first kappa shape index (κ1) is 15.0. The lowest BCUT2D eigenvalue weighted by Crippen LogP contribution is -2.14. The minimum Gasteiger partial charge on any atom is -0.463 e. The largest absolute Gasteiger partial charge is 0.463 e. The molecule has 0 unspecified atom stereocenters. The van der Waals surface area contributed by atoms with Crippen molar-refractivity contribution >= 4 is 18.0 Å². The molecule has 0 fully saturated rings. The molecule has 0 N–H and O–H groups in total. The number of anilines is 1. The van der Waals surface area contributed by atoms with E-state index < -0.39 is 0 Å². The van der Waals surface area contributed by atoms with Crippen molar-refractivity contribution in [2.75, 3.05) is 18.6 Å². The number of rotatable bonds is 5. The minimum absolute atomic E-state index is 0.224. The third-order valence-corrected chi connectivity index (χ3v) is 3.23. The fraction of sp³-hybridized carbons (Fsp3) is 0.294. The number of carbonyl (C=O) groups is 1. The average Bonchev–Trinajstić information content (AvgIpc) is 2.54. The van der Waals surface area contributed by atoms with Crippen LogP contribution in [0.1, 0.15) is 19.8 Å². The number of hydrogen-bond acceptors (Lipinski definition) is 3. The highest BCUT2D eigenvalue weighted by Gasteiger charge is 2.13. The molecule has 0 bridgehead atoms. The molecule has 0 aromatic heterocycles. The van der Waals surface area contributed by atoms with Crippen molar-refractivity contribution in [3.8, 4) is 0 Å². The normalized spacial score (nSPS) is 14.6. The molecule has 1 aliphatic carbocycles. The lowest BCUT2D eigenvalue weighted by atomic mass is 10.0. The van der Waals surface area contributed by atoms with Gasteiger partial charge in [0.25, 0.3) is 0 Å². The van der Waals surface area contributed by atoms with Crippen molar-refractivity contribution in [1.82, 2.24) is 0 Å². The summed E-state index contributed by atoms with van der Waals surface area (Å²) in [5.74, 6) is -0.224. The Balaban J connectivity index is 1.98. The lowest BCUT2D eigenvalue weighted by molar-refractivity contribution is -0.138. The summed E-state index contributed by atoms with van der Waals surface area (Å²) in [4.78, 5) is 18.0. The van der Waals surface area contributed by atoms with E-state index in [0.717, 1.165) is 17.8 Å². The zero-order valence-electron chi connectivity index (χ0n) is 12.5. The molecule has 0 saturated carbocycles. The molecule has 4 nitrogen and oxygen atoms in total. The predicted octanol–water partition coefficient (Wildman–Crippen LogP) is 3.32. The van der Waals surface area contributed by atoms with Gasteiger partial charge in [-0.25, -0.2) is 9.79 Å². The van der Waals surface area contributed by atoms with Crippen molar-refractivity contribution in [3.63, 3.8) is 0 Å². The van der Waals surface area contributed by atoms with Gasteiger partial charge in [-0.05, 0) is 44.1 Å². The highest BCUT2D eigenvalue weighted by molar-refractivity contribution is 5.89. The quantitative estimate of drug-likeness (QED) is 0.473. The second kappa shape index (κ2) is 7.43. The summed E-state index contributed by atoms with van der Waals surface area (Å²) in [7, 11) is 1.96. The van der Waals surface area contributed by atoms with Gasteiger partial charge in [0.05, 0.1) is 12.9 Å². The van der Waals surface area contributed by atoms with Crippen LogP contribution in [0.15, 0.2) is 58.7 Å². The monoisotopic (exact) mass is 284 g/mol. The van der Waals surface area contributed by atoms with Crippen LogP contribution in [0, 0.1) is 0 Å². The fourth-order valence-electron chi connectivity index (χ4n) is 2.02. The van der Waals surface area contributed by atoms with E-state index in [0.29, 0.717) is 18.6 Å². The fourth-order valence-corrected chi connectivity index (χ4v) is 2.02. The molecule has 110 valence electrons. The van der Waals surface area contributed by atoms with E-state index in [1.54, 1.807) is 12.4 Å². The van der Waals surface area contributed by atoms with E-state index in [1.165, 1.54) is 0 Å². The predicted molar refractivity (Wildman–Crippen MR) is 85.4 cm³/mol. The van der Waals surface area contributed by atoms with Gasteiger partial charge >= 0.3 is 5.97 Å². The van der Waals surface area contributed by atoms with Crippen LogP contribution >= 0.6 is 0 Å². The van der Waals surface area contributed by atoms with Gasteiger partial charge in [0.15, 0.2) is 0 Å². The smallest absolute Gasteiger partial charge is 0.333 e. The number of aliphatic imine (C=N–C) groups is 1. The first-order valence-electron chi connectivity index (χ1n) is 7.09. The van der Waals surface area contributed by atoms with Crippen molar-refractivity contribution in [1.29, 1.82) is 0 Å². The molecule has 21 heavy (non-hydrogen) atoms. The van der Waals surface area contributed by atoms with E-state index in [1.807, 2.05) is 55.3 Å². The Labute approximate surface area is 125 Å². The summed E-state index contributed by atoms with van der Waals surface area (Å²) < 4.78 is 4.99.